The molecule has 3 aromatic rings. The number of ether oxygens (including phenoxy) is 2. The largest absolute Gasteiger partial charge is 0.497 e. The predicted octanol–water partition coefficient (Wildman–Crippen LogP) is 4.72. The highest BCUT2D eigenvalue weighted by Gasteiger charge is 2.09. The molecule has 5 nitrogen and oxygen atoms in total. The lowest BCUT2D eigenvalue weighted by Gasteiger charge is -2.07. The fourth-order valence-electron chi connectivity index (χ4n) is 2.39. The van der Waals surface area contributed by atoms with Gasteiger partial charge in [0.1, 0.15) is 11.5 Å². The van der Waals surface area contributed by atoms with Crippen LogP contribution in [0.1, 0.15) is 16.0 Å². The molecule has 0 spiro atoms. The Morgan fingerprint density at radius 1 is 1.22 bits per heavy atom. The van der Waals surface area contributed by atoms with E-state index in [1.54, 1.807) is 31.5 Å². The van der Waals surface area contributed by atoms with Crippen LogP contribution in [0.3, 0.4) is 0 Å². The minimum absolute atomic E-state index is 0.102. The number of thiazole rings is 1. The Balaban J connectivity index is 1.53. The van der Waals surface area contributed by atoms with Crippen LogP contribution in [-0.2, 0) is 11.2 Å². The third-order valence-corrected chi connectivity index (χ3v) is 5.15. The number of amides is 1. The summed E-state index contributed by atoms with van der Waals surface area (Å²) in [4.78, 5) is 17.4. The van der Waals surface area contributed by atoms with Gasteiger partial charge in [-0.3, -0.25) is 10.1 Å². The molecule has 140 valence electrons. The summed E-state index contributed by atoms with van der Waals surface area (Å²) in [6.07, 6.45) is 2.48. The molecular formula is C20H19ClN2O3S. The molecule has 0 aliphatic heterocycles. The number of halogens is 1. The van der Waals surface area contributed by atoms with Gasteiger partial charge in [0.2, 0.25) is 0 Å². The van der Waals surface area contributed by atoms with Gasteiger partial charge in [0.25, 0.3) is 5.91 Å². The average Bonchev–Trinajstić information content (AvgIpc) is 3.10. The van der Waals surface area contributed by atoms with Crippen molar-refractivity contribution >= 4 is 34.0 Å². The van der Waals surface area contributed by atoms with Crippen LogP contribution in [0.4, 0.5) is 5.13 Å². The quantitative estimate of drug-likeness (QED) is 0.621. The summed E-state index contributed by atoms with van der Waals surface area (Å²) in [5.74, 6) is 0.978. The maximum atomic E-state index is 12.1. The fourth-order valence-corrected chi connectivity index (χ4v) is 3.46. The van der Waals surface area contributed by atoms with Gasteiger partial charge < -0.3 is 9.47 Å². The standard InChI is InChI=1S/C20H19ClN2O3S/c1-13-6-7-14(9-18(13)21)8-17-11-22-20(27-17)23-19(24)12-26-16-5-3-4-15(10-16)25-2/h3-7,9-11H,8,12H2,1-2H3,(H,22,23,24). The van der Waals surface area contributed by atoms with Crippen molar-refractivity contribution in [2.75, 3.05) is 19.0 Å². The van der Waals surface area contributed by atoms with Crippen LogP contribution < -0.4 is 14.8 Å². The van der Waals surface area contributed by atoms with E-state index in [0.717, 1.165) is 21.0 Å². The number of nitrogens with one attached hydrogen (secondary N) is 1. The van der Waals surface area contributed by atoms with Gasteiger partial charge in [0.15, 0.2) is 11.7 Å². The van der Waals surface area contributed by atoms with E-state index in [1.165, 1.54) is 11.3 Å². The molecular weight excluding hydrogens is 384 g/mol. The van der Waals surface area contributed by atoms with Gasteiger partial charge >= 0.3 is 0 Å². The molecule has 0 aliphatic rings. The third-order valence-electron chi connectivity index (χ3n) is 3.83. The molecule has 1 N–H and O–H groups in total. The number of hydrogen-bond acceptors (Lipinski definition) is 5. The van der Waals surface area contributed by atoms with Crippen molar-refractivity contribution in [3.63, 3.8) is 0 Å². The van der Waals surface area contributed by atoms with E-state index in [9.17, 15) is 4.79 Å². The van der Waals surface area contributed by atoms with Crippen LogP contribution in [0.5, 0.6) is 11.5 Å². The second kappa shape index (κ2) is 8.88. The number of carbonyl (C=O) groups excluding carboxylic acids is 1. The van der Waals surface area contributed by atoms with E-state index in [4.69, 9.17) is 21.1 Å². The highest BCUT2D eigenvalue weighted by molar-refractivity contribution is 7.15. The number of nitrogens with zero attached hydrogens (tertiary/aromatic N) is 1. The minimum atomic E-state index is -0.267. The Bertz CT molecular complexity index is 942. The van der Waals surface area contributed by atoms with Gasteiger partial charge in [0.05, 0.1) is 7.11 Å². The van der Waals surface area contributed by atoms with Crippen LogP contribution in [0.15, 0.2) is 48.7 Å². The van der Waals surface area contributed by atoms with Gasteiger partial charge in [-0.05, 0) is 36.2 Å². The van der Waals surface area contributed by atoms with E-state index in [0.29, 0.717) is 23.1 Å². The van der Waals surface area contributed by atoms with E-state index in [-0.39, 0.29) is 12.5 Å². The SMILES string of the molecule is COc1cccc(OCC(=O)Nc2ncc(Cc3ccc(C)c(Cl)c3)s2)c1. The van der Waals surface area contributed by atoms with Crippen molar-refractivity contribution in [2.45, 2.75) is 13.3 Å². The molecule has 0 unspecified atom stereocenters. The molecule has 1 amide bonds. The first-order chi connectivity index (χ1) is 13.0. The molecule has 27 heavy (non-hydrogen) atoms. The van der Waals surface area contributed by atoms with Crippen molar-refractivity contribution in [3.05, 3.63) is 69.7 Å². The molecule has 0 bridgehead atoms. The molecule has 7 heteroatoms. The van der Waals surface area contributed by atoms with Crippen molar-refractivity contribution in [2.24, 2.45) is 0 Å². The van der Waals surface area contributed by atoms with Crippen LogP contribution in [0.2, 0.25) is 5.02 Å². The van der Waals surface area contributed by atoms with Crippen LogP contribution >= 0.6 is 22.9 Å². The lowest BCUT2D eigenvalue weighted by molar-refractivity contribution is -0.118. The Morgan fingerprint density at radius 3 is 2.81 bits per heavy atom. The highest BCUT2D eigenvalue weighted by atomic mass is 35.5. The molecule has 0 saturated heterocycles. The molecule has 0 aliphatic carbocycles. The van der Waals surface area contributed by atoms with Crippen molar-refractivity contribution in [1.82, 2.24) is 4.98 Å². The summed E-state index contributed by atoms with van der Waals surface area (Å²) in [5.41, 5.74) is 2.15. The number of aromatic nitrogens is 1. The second-order valence-electron chi connectivity index (χ2n) is 5.91. The van der Waals surface area contributed by atoms with Crippen molar-refractivity contribution in [3.8, 4) is 11.5 Å². The summed E-state index contributed by atoms with van der Waals surface area (Å²) in [7, 11) is 1.58. The average molecular weight is 403 g/mol. The monoisotopic (exact) mass is 402 g/mol. The van der Waals surface area contributed by atoms with Crippen LogP contribution in [0, 0.1) is 6.92 Å². The maximum Gasteiger partial charge on any atom is 0.264 e. The molecule has 0 atom stereocenters. The Labute approximate surface area is 166 Å². The molecule has 1 aromatic heterocycles. The Hall–Kier alpha value is -2.57. The number of aryl methyl sites for hydroxylation is 1. The summed E-state index contributed by atoms with van der Waals surface area (Å²) in [6, 6.07) is 13.1. The predicted molar refractivity (Wildman–Crippen MR) is 108 cm³/mol. The minimum Gasteiger partial charge on any atom is -0.497 e. The van der Waals surface area contributed by atoms with Gasteiger partial charge in [-0.1, -0.05) is 29.8 Å². The number of anilines is 1. The molecule has 1 heterocycles. The fraction of sp³-hybridized carbons (Fsp3) is 0.200. The number of methoxy groups -OCH3 is 1. The zero-order valence-corrected chi connectivity index (χ0v) is 16.6. The number of rotatable bonds is 7. The maximum absolute atomic E-state index is 12.1. The lowest BCUT2D eigenvalue weighted by Crippen LogP contribution is -2.19. The molecule has 0 fully saturated rings. The van der Waals surface area contributed by atoms with Crippen molar-refractivity contribution in [1.29, 1.82) is 0 Å². The number of benzene rings is 2. The lowest BCUT2D eigenvalue weighted by atomic mass is 10.1. The topological polar surface area (TPSA) is 60.5 Å². The molecule has 0 radical (unpaired) electrons. The first-order valence-corrected chi connectivity index (χ1v) is 9.49. The summed E-state index contributed by atoms with van der Waals surface area (Å²) < 4.78 is 10.6. The zero-order valence-electron chi connectivity index (χ0n) is 15.0. The molecule has 3 rings (SSSR count). The summed E-state index contributed by atoms with van der Waals surface area (Å²) in [5, 5.41) is 4.05. The Morgan fingerprint density at radius 2 is 2.04 bits per heavy atom. The summed E-state index contributed by atoms with van der Waals surface area (Å²) >= 11 is 7.60. The van der Waals surface area contributed by atoms with Gasteiger partial charge in [0, 0.05) is 28.6 Å². The van der Waals surface area contributed by atoms with Gasteiger partial charge in [-0.25, -0.2) is 4.98 Å². The first kappa shape index (κ1) is 19.2. The number of carbonyl (C=O) groups is 1. The summed E-state index contributed by atoms with van der Waals surface area (Å²) in [6.45, 7) is 1.87. The Kier molecular flexibility index (Phi) is 6.32. The third kappa shape index (κ3) is 5.45. The van der Waals surface area contributed by atoms with Crippen LogP contribution in [-0.4, -0.2) is 24.6 Å². The zero-order chi connectivity index (χ0) is 19.2. The van der Waals surface area contributed by atoms with Crippen molar-refractivity contribution < 1.29 is 14.3 Å². The number of hydrogen-bond donors (Lipinski definition) is 1. The molecule has 2 aromatic carbocycles. The van der Waals surface area contributed by atoms with E-state index in [2.05, 4.69) is 10.3 Å². The van der Waals surface area contributed by atoms with Gasteiger partial charge in [-0.15, -0.1) is 11.3 Å². The highest BCUT2D eigenvalue weighted by Crippen LogP contribution is 2.24. The van der Waals surface area contributed by atoms with E-state index >= 15 is 0 Å². The first-order valence-electron chi connectivity index (χ1n) is 8.30. The van der Waals surface area contributed by atoms with E-state index in [1.807, 2.05) is 31.2 Å². The van der Waals surface area contributed by atoms with Crippen LogP contribution in [0.25, 0.3) is 0 Å². The smallest absolute Gasteiger partial charge is 0.264 e. The van der Waals surface area contributed by atoms with E-state index < -0.39 is 0 Å². The second-order valence-corrected chi connectivity index (χ2v) is 7.43. The molecule has 0 saturated carbocycles. The normalized spacial score (nSPS) is 10.5. The van der Waals surface area contributed by atoms with Gasteiger partial charge in [-0.2, -0.15) is 0 Å².